The summed E-state index contributed by atoms with van der Waals surface area (Å²) in [6.45, 7) is 5.56. The normalized spacial score (nSPS) is 10.5. The second-order valence-electron chi connectivity index (χ2n) is 6.59. The quantitative estimate of drug-likeness (QED) is 0.623. The van der Waals surface area contributed by atoms with Crippen LogP contribution in [0.2, 0.25) is 0 Å². The summed E-state index contributed by atoms with van der Waals surface area (Å²) in [6.07, 6.45) is 0.876. The number of hydrogen-bond acceptors (Lipinski definition) is 5. The Labute approximate surface area is 160 Å². The lowest BCUT2D eigenvalue weighted by atomic mass is 10.1. The van der Waals surface area contributed by atoms with E-state index in [1.807, 2.05) is 31.2 Å². The van der Waals surface area contributed by atoms with E-state index in [1.54, 1.807) is 7.11 Å². The largest absolute Gasteiger partial charge is 0.497 e. The molecule has 0 saturated heterocycles. The van der Waals surface area contributed by atoms with Crippen LogP contribution in [0.5, 0.6) is 5.75 Å². The average molecular weight is 362 g/mol. The molecule has 0 saturated carbocycles. The van der Waals surface area contributed by atoms with Crippen LogP contribution in [-0.4, -0.2) is 23.6 Å². The van der Waals surface area contributed by atoms with Crippen LogP contribution in [-0.2, 0) is 13.0 Å². The Bertz CT molecular complexity index is 878. The minimum absolute atomic E-state index is 0.643. The van der Waals surface area contributed by atoms with Crippen molar-refractivity contribution in [2.45, 2.75) is 26.8 Å². The SMILES string of the molecule is COc1cccc(CCNc2nc(C)cc(NCc3ccc(C)cc3)n2)c1. The Morgan fingerprint density at radius 2 is 1.70 bits per heavy atom. The molecule has 0 atom stereocenters. The molecule has 1 aromatic heterocycles. The van der Waals surface area contributed by atoms with E-state index in [2.05, 4.69) is 57.9 Å². The number of benzene rings is 2. The van der Waals surface area contributed by atoms with Gasteiger partial charge in [-0.05, 0) is 43.5 Å². The Kier molecular flexibility index (Phi) is 6.26. The summed E-state index contributed by atoms with van der Waals surface area (Å²) >= 11 is 0. The Morgan fingerprint density at radius 3 is 2.48 bits per heavy atom. The van der Waals surface area contributed by atoms with Crippen molar-refractivity contribution in [2.75, 3.05) is 24.3 Å². The zero-order chi connectivity index (χ0) is 19.1. The number of aromatic nitrogens is 2. The lowest BCUT2D eigenvalue weighted by molar-refractivity contribution is 0.414. The summed E-state index contributed by atoms with van der Waals surface area (Å²) in [4.78, 5) is 9.05. The van der Waals surface area contributed by atoms with Crippen LogP contribution in [0.4, 0.5) is 11.8 Å². The highest BCUT2D eigenvalue weighted by Crippen LogP contribution is 2.14. The first-order chi connectivity index (χ1) is 13.1. The molecule has 0 amide bonds. The van der Waals surface area contributed by atoms with Crippen molar-refractivity contribution in [3.63, 3.8) is 0 Å². The number of hydrogen-bond donors (Lipinski definition) is 2. The second kappa shape index (κ2) is 9.03. The maximum atomic E-state index is 5.27. The molecule has 0 aliphatic carbocycles. The highest BCUT2D eigenvalue weighted by Gasteiger charge is 2.03. The van der Waals surface area contributed by atoms with E-state index in [0.29, 0.717) is 5.95 Å². The molecule has 140 valence electrons. The number of ether oxygens (including phenoxy) is 1. The van der Waals surface area contributed by atoms with Gasteiger partial charge in [0, 0.05) is 24.8 Å². The molecule has 0 aliphatic heterocycles. The van der Waals surface area contributed by atoms with Crippen molar-refractivity contribution in [1.29, 1.82) is 0 Å². The van der Waals surface area contributed by atoms with Gasteiger partial charge in [0.1, 0.15) is 11.6 Å². The highest BCUT2D eigenvalue weighted by atomic mass is 16.5. The van der Waals surface area contributed by atoms with Crippen molar-refractivity contribution in [1.82, 2.24) is 9.97 Å². The van der Waals surface area contributed by atoms with Crippen LogP contribution in [0, 0.1) is 13.8 Å². The van der Waals surface area contributed by atoms with Gasteiger partial charge in [-0.2, -0.15) is 4.98 Å². The molecule has 0 radical (unpaired) electrons. The van der Waals surface area contributed by atoms with Crippen LogP contribution >= 0.6 is 0 Å². The maximum Gasteiger partial charge on any atom is 0.224 e. The van der Waals surface area contributed by atoms with Gasteiger partial charge >= 0.3 is 0 Å². The van der Waals surface area contributed by atoms with Crippen LogP contribution < -0.4 is 15.4 Å². The Balaban J connectivity index is 1.56. The summed E-state index contributed by atoms with van der Waals surface area (Å²) < 4.78 is 5.27. The molecular formula is C22H26N4O. The first-order valence-corrected chi connectivity index (χ1v) is 9.14. The first kappa shape index (κ1) is 18.7. The van der Waals surface area contributed by atoms with E-state index in [-0.39, 0.29) is 0 Å². The third-order valence-corrected chi connectivity index (χ3v) is 4.28. The van der Waals surface area contributed by atoms with E-state index >= 15 is 0 Å². The van der Waals surface area contributed by atoms with Crippen molar-refractivity contribution >= 4 is 11.8 Å². The molecule has 0 fully saturated rings. The third-order valence-electron chi connectivity index (χ3n) is 4.28. The third kappa shape index (κ3) is 5.71. The van der Waals surface area contributed by atoms with Gasteiger partial charge in [0.2, 0.25) is 5.95 Å². The summed E-state index contributed by atoms with van der Waals surface area (Å²) in [7, 11) is 1.68. The average Bonchev–Trinajstić information content (AvgIpc) is 2.67. The van der Waals surface area contributed by atoms with Gasteiger partial charge in [0.05, 0.1) is 7.11 Å². The number of nitrogens with zero attached hydrogens (tertiary/aromatic N) is 2. The molecule has 27 heavy (non-hydrogen) atoms. The number of aryl methyl sites for hydroxylation is 2. The van der Waals surface area contributed by atoms with Crippen LogP contribution in [0.15, 0.2) is 54.6 Å². The molecule has 3 aromatic rings. The van der Waals surface area contributed by atoms with Gasteiger partial charge < -0.3 is 15.4 Å². The lowest BCUT2D eigenvalue weighted by Crippen LogP contribution is -2.10. The highest BCUT2D eigenvalue weighted by molar-refractivity contribution is 5.43. The molecule has 5 nitrogen and oxygen atoms in total. The van der Waals surface area contributed by atoms with E-state index in [9.17, 15) is 0 Å². The Morgan fingerprint density at radius 1 is 0.889 bits per heavy atom. The molecule has 2 aromatic carbocycles. The fourth-order valence-electron chi connectivity index (χ4n) is 2.78. The summed E-state index contributed by atoms with van der Waals surface area (Å²) in [5.74, 6) is 2.35. The lowest BCUT2D eigenvalue weighted by Gasteiger charge is -2.10. The van der Waals surface area contributed by atoms with Crippen LogP contribution in [0.1, 0.15) is 22.4 Å². The fourth-order valence-corrected chi connectivity index (χ4v) is 2.78. The van der Waals surface area contributed by atoms with Crippen LogP contribution in [0.25, 0.3) is 0 Å². The van der Waals surface area contributed by atoms with E-state index in [4.69, 9.17) is 4.74 Å². The molecular weight excluding hydrogens is 336 g/mol. The monoisotopic (exact) mass is 362 g/mol. The molecule has 2 N–H and O–H groups in total. The standard InChI is InChI=1S/C22H26N4O/c1-16-7-9-19(10-8-16)15-24-21-13-17(2)25-22(26-21)23-12-11-18-5-4-6-20(14-18)27-3/h4-10,13-14H,11-12,15H2,1-3H3,(H2,23,24,25,26). The molecule has 0 unspecified atom stereocenters. The zero-order valence-corrected chi connectivity index (χ0v) is 16.1. The first-order valence-electron chi connectivity index (χ1n) is 9.14. The number of rotatable bonds is 8. The maximum absolute atomic E-state index is 5.27. The minimum Gasteiger partial charge on any atom is -0.497 e. The van der Waals surface area contributed by atoms with Crippen molar-refractivity contribution in [2.24, 2.45) is 0 Å². The van der Waals surface area contributed by atoms with Crippen molar-refractivity contribution < 1.29 is 4.74 Å². The molecule has 0 bridgehead atoms. The van der Waals surface area contributed by atoms with Gasteiger partial charge in [0.15, 0.2) is 0 Å². The van der Waals surface area contributed by atoms with Gasteiger partial charge in [-0.25, -0.2) is 4.98 Å². The molecule has 1 heterocycles. The van der Waals surface area contributed by atoms with Crippen molar-refractivity contribution in [3.8, 4) is 5.75 Å². The summed E-state index contributed by atoms with van der Waals surface area (Å²) in [6, 6.07) is 18.6. The molecule has 3 rings (SSSR count). The van der Waals surface area contributed by atoms with Crippen LogP contribution in [0.3, 0.4) is 0 Å². The smallest absolute Gasteiger partial charge is 0.224 e. The number of anilines is 2. The molecule has 5 heteroatoms. The van der Waals surface area contributed by atoms with E-state index < -0.39 is 0 Å². The summed E-state index contributed by atoms with van der Waals surface area (Å²) in [5.41, 5.74) is 4.64. The van der Waals surface area contributed by atoms with Gasteiger partial charge in [0.25, 0.3) is 0 Å². The topological polar surface area (TPSA) is 59.1 Å². The predicted molar refractivity (Wildman–Crippen MR) is 110 cm³/mol. The second-order valence-corrected chi connectivity index (χ2v) is 6.59. The van der Waals surface area contributed by atoms with Crippen molar-refractivity contribution in [3.05, 3.63) is 77.0 Å². The Hall–Kier alpha value is -3.08. The number of methoxy groups -OCH3 is 1. The van der Waals surface area contributed by atoms with E-state index in [1.165, 1.54) is 16.7 Å². The number of nitrogens with one attached hydrogen (secondary N) is 2. The predicted octanol–water partition coefficient (Wildman–Crippen LogP) is 4.37. The minimum atomic E-state index is 0.643. The zero-order valence-electron chi connectivity index (χ0n) is 16.1. The van der Waals surface area contributed by atoms with Gasteiger partial charge in [-0.3, -0.25) is 0 Å². The van der Waals surface area contributed by atoms with Gasteiger partial charge in [-0.1, -0.05) is 42.0 Å². The molecule has 0 spiro atoms. The summed E-state index contributed by atoms with van der Waals surface area (Å²) in [5, 5.41) is 6.69. The van der Waals surface area contributed by atoms with E-state index in [0.717, 1.165) is 36.8 Å². The fraction of sp³-hybridized carbons (Fsp3) is 0.273. The molecule has 0 aliphatic rings. The van der Waals surface area contributed by atoms with Gasteiger partial charge in [-0.15, -0.1) is 0 Å².